The zero-order valence-electron chi connectivity index (χ0n) is 77.9. The van der Waals surface area contributed by atoms with Crippen LogP contribution >= 0.6 is 0 Å². The molecule has 0 fully saturated rings. The van der Waals surface area contributed by atoms with Gasteiger partial charge in [-0.15, -0.1) is 0 Å². The average molecular weight is 1800 g/mol. The summed E-state index contributed by atoms with van der Waals surface area (Å²) in [4.78, 5) is 0. The number of aryl methyl sites for hydroxylation is 1. The van der Waals surface area contributed by atoms with E-state index in [0.717, 1.165) is 45.2 Å². The van der Waals surface area contributed by atoms with Gasteiger partial charge in [-0.3, -0.25) is 0 Å². The van der Waals surface area contributed by atoms with Crippen molar-refractivity contribution in [1.29, 1.82) is 0 Å². The van der Waals surface area contributed by atoms with Crippen LogP contribution in [0.25, 0.3) is 247 Å². The third-order valence-corrected chi connectivity index (χ3v) is 28.8. The van der Waals surface area contributed by atoms with E-state index >= 15 is 0 Å². The lowest BCUT2D eigenvalue weighted by atomic mass is 9.85. The summed E-state index contributed by atoms with van der Waals surface area (Å²) in [7, 11) is 0. The van der Waals surface area contributed by atoms with Crippen molar-refractivity contribution in [2.75, 3.05) is 6.61 Å². The number of benzene rings is 24. The Hall–Kier alpha value is -18.0. The Bertz CT molecular complexity index is 9480. The molecule has 0 radical (unpaired) electrons. The highest BCUT2D eigenvalue weighted by atomic mass is 16.3. The molecule has 5 heteroatoms. The predicted octanol–water partition coefficient (Wildman–Crippen LogP) is 36.1. The van der Waals surface area contributed by atoms with Crippen molar-refractivity contribution < 1.29 is 10.2 Å². The summed E-state index contributed by atoms with van der Waals surface area (Å²) in [5.41, 5.74) is 35.1. The van der Waals surface area contributed by atoms with Crippen LogP contribution in [0.2, 0.25) is 0 Å². The van der Waals surface area contributed by atoms with Crippen molar-refractivity contribution in [2.24, 2.45) is 0 Å². The Morgan fingerprint density at radius 3 is 0.780 bits per heavy atom. The van der Waals surface area contributed by atoms with Gasteiger partial charge in [-0.2, -0.15) is 0 Å². The van der Waals surface area contributed by atoms with E-state index < -0.39 is 0 Å². The first-order valence-corrected chi connectivity index (χ1v) is 48.8. The second kappa shape index (κ2) is 36.2. The molecular formula is C136H95N3O2. The number of para-hydroxylation sites is 3. The van der Waals surface area contributed by atoms with E-state index in [-0.39, 0.29) is 12.4 Å². The van der Waals surface area contributed by atoms with Crippen LogP contribution in [0.5, 0.6) is 5.75 Å². The van der Waals surface area contributed by atoms with Crippen molar-refractivity contribution in [3.05, 3.63) is 521 Å². The molecule has 0 aliphatic carbocycles. The van der Waals surface area contributed by atoms with Crippen LogP contribution in [0, 0.1) is 0 Å². The Morgan fingerprint density at radius 1 is 0.177 bits per heavy atom. The zero-order valence-corrected chi connectivity index (χ0v) is 77.9. The number of phenols is 1. The minimum atomic E-state index is 0.148. The molecule has 0 unspecified atom stereocenters. The largest absolute Gasteiger partial charge is 0.508 e. The summed E-state index contributed by atoms with van der Waals surface area (Å²) < 4.78 is 7.07. The van der Waals surface area contributed by atoms with Gasteiger partial charge in [0.2, 0.25) is 0 Å². The molecule has 0 amide bonds. The fourth-order valence-electron chi connectivity index (χ4n) is 22.5. The molecule has 0 atom stereocenters. The standard InChI is InChI=1S/C46H33NO.C46H33N.C44H29NO/c48-28-27-31-19-26-44-41(29-31)37-15-9-10-18-43(37)47(44)36-23-20-34(21-24-36)45-38-16-7-8-17-39(38)46(33-13-5-2-6-14-33)42-30-35(22-25-40(42)45)32-11-3-1-4-12-32;1-2-31-18-13-23-43-46(31)40-21-11-12-22-42(40)47(43)36-27-24-34(25-28-36)44-37-19-9-10-20-38(37)45(33-16-7-4-8-17-33)41-30-35(26-29-39(41)44)32-14-5-3-6-15-32;46-34-24-26-42-39(28-34)35-15-9-10-18-41(35)45(42)33-22-19-31(20-23-33)43-36-16-7-8-17-37(36)44(30-13-5-2-6-14-30)40-27-32(21-25-38(40)43)29-11-3-1-4-12-29/h1-26,29-30,48H,27-28H2;3-30H,2H2,1H3;1-28,46H. The highest BCUT2D eigenvalue weighted by Crippen LogP contribution is 2.51. The first-order chi connectivity index (χ1) is 69.8. The van der Waals surface area contributed by atoms with Crippen LogP contribution in [0.1, 0.15) is 18.1 Å². The molecule has 0 aliphatic rings. The molecule has 0 saturated carbocycles. The van der Waals surface area contributed by atoms with Gasteiger partial charge in [0, 0.05) is 56.0 Å². The van der Waals surface area contributed by atoms with Gasteiger partial charge in [0.25, 0.3) is 0 Å². The average Bonchev–Trinajstić information content (AvgIpc) is 1.40. The molecule has 141 heavy (non-hydrogen) atoms. The van der Waals surface area contributed by atoms with Crippen molar-refractivity contribution in [1.82, 2.24) is 13.7 Å². The van der Waals surface area contributed by atoms with Gasteiger partial charge in [0.1, 0.15) is 5.75 Å². The molecular weight excluding hydrogens is 1710 g/mol. The number of aliphatic hydroxyl groups excluding tert-OH is 1. The smallest absolute Gasteiger partial charge is 0.116 e. The number of hydrogen-bond donors (Lipinski definition) is 2. The lowest BCUT2D eigenvalue weighted by Crippen LogP contribution is -1.95. The number of aliphatic hydroxyl groups is 1. The minimum Gasteiger partial charge on any atom is -0.508 e. The normalized spacial score (nSPS) is 11.6. The van der Waals surface area contributed by atoms with E-state index in [1.54, 1.807) is 6.07 Å². The number of aromatic hydroxyl groups is 1. The van der Waals surface area contributed by atoms with Crippen LogP contribution in [-0.2, 0) is 12.8 Å². The molecule has 27 aromatic rings. The number of rotatable bonds is 15. The quantitative estimate of drug-likeness (QED) is 0.101. The van der Waals surface area contributed by atoms with Crippen LogP contribution in [0.4, 0.5) is 0 Å². The predicted molar refractivity (Wildman–Crippen MR) is 598 cm³/mol. The number of nitrogens with zero attached hydrogens (tertiary/aromatic N) is 3. The highest BCUT2D eigenvalue weighted by Gasteiger charge is 2.26. The van der Waals surface area contributed by atoms with E-state index in [1.807, 2.05) is 12.1 Å². The van der Waals surface area contributed by atoms with Gasteiger partial charge in [-0.25, -0.2) is 0 Å². The lowest BCUT2D eigenvalue weighted by molar-refractivity contribution is 0.299. The monoisotopic (exact) mass is 1800 g/mol. The second-order valence-corrected chi connectivity index (χ2v) is 36.8. The summed E-state index contributed by atoms with van der Waals surface area (Å²) in [6.45, 7) is 2.39. The molecule has 5 nitrogen and oxygen atoms in total. The molecule has 24 aromatic carbocycles. The third-order valence-electron chi connectivity index (χ3n) is 28.8. The van der Waals surface area contributed by atoms with E-state index in [1.165, 1.54) is 220 Å². The highest BCUT2D eigenvalue weighted by molar-refractivity contribution is 6.26. The number of fused-ring (bicyclic) bond motifs is 15. The van der Waals surface area contributed by atoms with E-state index in [4.69, 9.17) is 0 Å². The molecule has 3 aromatic heterocycles. The van der Waals surface area contributed by atoms with Gasteiger partial charge in [0.05, 0.1) is 33.1 Å². The van der Waals surface area contributed by atoms with Gasteiger partial charge in [0.15, 0.2) is 0 Å². The van der Waals surface area contributed by atoms with Crippen molar-refractivity contribution >= 4 is 130 Å². The van der Waals surface area contributed by atoms with E-state index in [2.05, 4.69) is 512 Å². The Morgan fingerprint density at radius 2 is 0.433 bits per heavy atom. The Kier molecular flexibility index (Phi) is 21.8. The van der Waals surface area contributed by atoms with Crippen LogP contribution < -0.4 is 0 Å². The molecule has 2 N–H and O–H groups in total. The summed E-state index contributed by atoms with van der Waals surface area (Å²) in [6, 6.07) is 184. The molecule has 666 valence electrons. The topological polar surface area (TPSA) is 55.2 Å². The van der Waals surface area contributed by atoms with Crippen LogP contribution in [-0.4, -0.2) is 30.5 Å². The first-order valence-electron chi connectivity index (χ1n) is 48.8. The number of aromatic nitrogens is 3. The Labute approximate surface area is 818 Å². The fourth-order valence-corrected chi connectivity index (χ4v) is 22.5. The van der Waals surface area contributed by atoms with Crippen molar-refractivity contribution in [3.63, 3.8) is 0 Å². The van der Waals surface area contributed by atoms with Gasteiger partial charge in [-0.1, -0.05) is 407 Å². The molecule has 0 aliphatic heterocycles. The molecule has 3 heterocycles. The zero-order chi connectivity index (χ0) is 94.0. The van der Waals surface area contributed by atoms with E-state index in [9.17, 15) is 10.2 Å². The summed E-state index contributed by atoms with van der Waals surface area (Å²) in [6.07, 6.45) is 1.66. The van der Waals surface area contributed by atoms with Crippen molar-refractivity contribution in [3.8, 4) is 123 Å². The number of hydrogen-bond acceptors (Lipinski definition) is 2. The maximum Gasteiger partial charge on any atom is 0.116 e. The molecule has 27 rings (SSSR count). The molecule has 0 bridgehead atoms. The Balaban J connectivity index is 0.000000111. The van der Waals surface area contributed by atoms with Crippen molar-refractivity contribution in [2.45, 2.75) is 19.8 Å². The van der Waals surface area contributed by atoms with E-state index in [0.29, 0.717) is 6.42 Å². The lowest BCUT2D eigenvalue weighted by Gasteiger charge is -2.19. The fraction of sp³-hybridized carbons (Fsp3) is 0.0294. The second-order valence-electron chi connectivity index (χ2n) is 36.8. The first kappa shape index (κ1) is 84.7. The minimum absolute atomic E-state index is 0.148. The van der Waals surface area contributed by atoms with Crippen LogP contribution in [0.3, 0.4) is 0 Å². The van der Waals surface area contributed by atoms with Gasteiger partial charge in [-0.05, 0) is 298 Å². The van der Waals surface area contributed by atoms with Gasteiger partial charge < -0.3 is 23.9 Å². The summed E-state index contributed by atoms with van der Waals surface area (Å²) in [5, 5.41) is 42.1. The molecule has 0 spiro atoms. The summed E-state index contributed by atoms with van der Waals surface area (Å²) >= 11 is 0. The summed E-state index contributed by atoms with van der Waals surface area (Å²) in [5.74, 6) is 0.277. The number of phenolic OH excluding ortho intramolecular Hbond substituents is 1. The maximum atomic E-state index is 10.3. The van der Waals surface area contributed by atoms with Gasteiger partial charge >= 0.3 is 0 Å². The SMILES string of the molecule is CCc1cccc2c1c1ccccc1n2-c1ccc(-c2c3ccccc3c(-c3ccccc3)c3cc(-c4ccccc4)ccc23)cc1.OCCc1ccc2c(c1)c1ccccc1n2-c1ccc(-c2c3ccccc3c(-c3ccccc3)c3cc(-c4ccccc4)ccc23)cc1.Oc1ccc2c(c1)c1ccccc1n2-c1ccc(-c2c3ccccc3c(-c3ccccc3)c3cc(-c4ccccc4)ccc23)cc1. The molecule has 0 saturated heterocycles. The maximum absolute atomic E-state index is 10.3. The van der Waals surface area contributed by atoms with Crippen LogP contribution in [0.15, 0.2) is 510 Å². The third kappa shape index (κ3) is 15.0.